The van der Waals surface area contributed by atoms with Crippen LogP contribution in [-0.2, 0) is 4.79 Å². The van der Waals surface area contributed by atoms with Gasteiger partial charge in [0, 0.05) is 30.9 Å². The Morgan fingerprint density at radius 3 is 2.93 bits per heavy atom. The van der Waals surface area contributed by atoms with E-state index in [0.29, 0.717) is 18.3 Å². The number of hydrogen-bond acceptors (Lipinski definition) is 8. The standard InChI is InChI=1S/C20H26N8O2/c1-12-3-4-15(18(30)22-7-8-29)11-27(12)20-25-17(24-19(21)26-20)14-5-6-16-9-23-13(2)28(16)10-14/h5-6,9-10,12,15,29H,3-4,7-8,11H2,1-2H3,(H,22,30)(H2,21,24,25,26). The van der Waals surface area contributed by atoms with E-state index in [2.05, 4.69) is 32.2 Å². The van der Waals surface area contributed by atoms with E-state index in [-0.39, 0.29) is 37.0 Å². The summed E-state index contributed by atoms with van der Waals surface area (Å²) < 4.78 is 1.97. The molecule has 158 valence electrons. The normalized spacial score (nSPS) is 19.2. The van der Waals surface area contributed by atoms with Crippen LogP contribution in [0.25, 0.3) is 16.9 Å². The first-order valence-electron chi connectivity index (χ1n) is 10.1. The molecule has 1 amide bonds. The average molecular weight is 410 g/mol. The SMILES string of the molecule is Cc1ncc2ccc(-c3nc(N)nc(N4CC(C(=O)NCCO)CCC4C)n3)cn12. The van der Waals surface area contributed by atoms with Gasteiger partial charge in [0.1, 0.15) is 5.82 Å². The number of aliphatic hydroxyl groups is 1. The number of imidazole rings is 1. The number of nitrogen functional groups attached to an aromatic ring is 1. The summed E-state index contributed by atoms with van der Waals surface area (Å²) in [6.07, 6.45) is 5.35. The van der Waals surface area contributed by atoms with Crippen LogP contribution in [0.5, 0.6) is 0 Å². The third-order valence-electron chi connectivity index (χ3n) is 5.53. The van der Waals surface area contributed by atoms with E-state index < -0.39 is 0 Å². The van der Waals surface area contributed by atoms with Gasteiger partial charge >= 0.3 is 0 Å². The zero-order valence-electron chi connectivity index (χ0n) is 17.1. The number of pyridine rings is 1. The minimum absolute atomic E-state index is 0.0655. The molecular weight excluding hydrogens is 384 g/mol. The summed E-state index contributed by atoms with van der Waals surface area (Å²) in [6.45, 7) is 4.68. The van der Waals surface area contributed by atoms with Crippen LogP contribution in [0, 0.1) is 12.8 Å². The Morgan fingerprint density at radius 1 is 1.30 bits per heavy atom. The van der Waals surface area contributed by atoms with E-state index in [1.807, 2.05) is 40.8 Å². The summed E-state index contributed by atoms with van der Waals surface area (Å²) in [6, 6.07) is 4.06. The topological polar surface area (TPSA) is 135 Å². The molecule has 2 unspecified atom stereocenters. The summed E-state index contributed by atoms with van der Waals surface area (Å²) >= 11 is 0. The largest absolute Gasteiger partial charge is 0.395 e. The van der Waals surface area contributed by atoms with Crippen molar-refractivity contribution in [1.82, 2.24) is 29.7 Å². The number of carbonyl (C=O) groups is 1. The van der Waals surface area contributed by atoms with Gasteiger partial charge in [-0.2, -0.15) is 15.0 Å². The number of aryl methyl sites for hydroxylation is 1. The van der Waals surface area contributed by atoms with E-state index in [1.54, 1.807) is 0 Å². The summed E-state index contributed by atoms with van der Waals surface area (Å²) in [4.78, 5) is 32.1. The third-order valence-corrected chi connectivity index (χ3v) is 5.53. The molecular formula is C20H26N8O2. The van der Waals surface area contributed by atoms with Gasteiger partial charge in [0.25, 0.3) is 0 Å². The number of carbonyl (C=O) groups excluding carboxylic acids is 1. The van der Waals surface area contributed by atoms with Gasteiger partial charge in [-0.15, -0.1) is 0 Å². The highest BCUT2D eigenvalue weighted by molar-refractivity contribution is 5.79. The lowest BCUT2D eigenvalue weighted by atomic mass is 9.93. The predicted octanol–water partition coefficient (Wildman–Crippen LogP) is 0.790. The molecule has 0 aromatic carbocycles. The van der Waals surface area contributed by atoms with Crippen LogP contribution in [0.2, 0.25) is 0 Å². The number of hydrogen-bond donors (Lipinski definition) is 3. The number of nitrogens with one attached hydrogen (secondary N) is 1. The minimum atomic E-state index is -0.195. The lowest BCUT2D eigenvalue weighted by Gasteiger charge is -2.37. The van der Waals surface area contributed by atoms with Gasteiger partial charge in [0.2, 0.25) is 17.8 Å². The van der Waals surface area contributed by atoms with Crippen LogP contribution in [0.4, 0.5) is 11.9 Å². The molecule has 10 heteroatoms. The zero-order chi connectivity index (χ0) is 21.3. The molecule has 1 saturated heterocycles. The highest BCUT2D eigenvalue weighted by Gasteiger charge is 2.31. The Bertz CT molecular complexity index is 1070. The zero-order valence-corrected chi connectivity index (χ0v) is 17.1. The second kappa shape index (κ2) is 8.23. The summed E-state index contributed by atoms with van der Waals surface area (Å²) in [5.41, 5.74) is 7.81. The number of anilines is 2. The molecule has 4 N–H and O–H groups in total. The highest BCUT2D eigenvalue weighted by Crippen LogP contribution is 2.27. The summed E-state index contributed by atoms with van der Waals surface area (Å²) in [5, 5.41) is 11.7. The Labute approximate surface area is 174 Å². The van der Waals surface area contributed by atoms with Crippen molar-refractivity contribution in [3.8, 4) is 11.4 Å². The molecule has 1 aliphatic rings. The van der Waals surface area contributed by atoms with Crippen LogP contribution >= 0.6 is 0 Å². The van der Waals surface area contributed by atoms with Crippen molar-refractivity contribution < 1.29 is 9.90 Å². The van der Waals surface area contributed by atoms with Crippen LogP contribution in [0.15, 0.2) is 24.5 Å². The molecule has 0 spiro atoms. The molecule has 0 radical (unpaired) electrons. The molecule has 0 bridgehead atoms. The number of nitrogens with zero attached hydrogens (tertiary/aromatic N) is 6. The van der Waals surface area contributed by atoms with Crippen molar-refractivity contribution in [1.29, 1.82) is 0 Å². The minimum Gasteiger partial charge on any atom is -0.395 e. The van der Waals surface area contributed by atoms with E-state index in [0.717, 1.165) is 29.7 Å². The predicted molar refractivity (Wildman–Crippen MR) is 113 cm³/mol. The van der Waals surface area contributed by atoms with Crippen molar-refractivity contribution in [3.63, 3.8) is 0 Å². The van der Waals surface area contributed by atoms with Gasteiger partial charge in [-0.25, -0.2) is 4.98 Å². The van der Waals surface area contributed by atoms with Gasteiger partial charge in [-0.3, -0.25) is 4.79 Å². The van der Waals surface area contributed by atoms with E-state index in [1.165, 1.54) is 0 Å². The number of aromatic nitrogens is 5. The Balaban J connectivity index is 1.64. The Kier molecular flexibility index (Phi) is 5.49. The molecule has 0 saturated carbocycles. The number of aliphatic hydroxyl groups excluding tert-OH is 1. The fourth-order valence-corrected chi connectivity index (χ4v) is 3.81. The van der Waals surface area contributed by atoms with Gasteiger partial charge in [0.15, 0.2) is 5.82 Å². The summed E-state index contributed by atoms with van der Waals surface area (Å²) in [7, 11) is 0. The molecule has 1 fully saturated rings. The molecule has 30 heavy (non-hydrogen) atoms. The Morgan fingerprint density at radius 2 is 2.13 bits per heavy atom. The fraction of sp³-hybridized carbons (Fsp3) is 0.450. The molecule has 10 nitrogen and oxygen atoms in total. The number of rotatable bonds is 5. The van der Waals surface area contributed by atoms with Gasteiger partial charge in [-0.05, 0) is 38.8 Å². The second-order valence-electron chi connectivity index (χ2n) is 7.63. The third kappa shape index (κ3) is 3.90. The average Bonchev–Trinajstić information content (AvgIpc) is 3.12. The molecule has 1 aliphatic heterocycles. The van der Waals surface area contributed by atoms with Crippen LogP contribution in [0.1, 0.15) is 25.6 Å². The van der Waals surface area contributed by atoms with E-state index >= 15 is 0 Å². The van der Waals surface area contributed by atoms with Crippen LogP contribution in [-0.4, -0.2) is 61.1 Å². The lowest BCUT2D eigenvalue weighted by molar-refractivity contribution is -0.125. The molecule has 4 rings (SSSR count). The van der Waals surface area contributed by atoms with Crippen molar-refractivity contribution >= 4 is 23.3 Å². The van der Waals surface area contributed by atoms with Crippen molar-refractivity contribution in [2.45, 2.75) is 32.7 Å². The molecule has 2 atom stereocenters. The maximum absolute atomic E-state index is 12.4. The first-order chi connectivity index (χ1) is 14.5. The van der Waals surface area contributed by atoms with Gasteiger partial charge in [0.05, 0.1) is 24.2 Å². The van der Waals surface area contributed by atoms with E-state index in [9.17, 15) is 4.79 Å². The molecule has 3 aromatic rings. The first-order valence-corrected chi connectivity index (χ1v) is 10.1. The van der Waals surface area contributed by atoms with Crippen molar-refractivity contribution in [2.75, 3.05) is 30.3 Å². The maximum Gasteiger partial charge on any atom is 0.230 e. The van der Waals surface area contributed by atoms with Crippen LogP contribution < -0.4 is 16.0 Å². The highest BCUT2D eigenvalue weighted by atomic mass is 16.3. The quantitative estimate of drug-likeness (QED) is 0.562. The molecule has 4 heterocycles. The van der Waals surface area contributed by atoms with Crippen LogP contribution in [0.3, 0.4) is 0 Å². The van der Waals surface area contributed by atoms with Crippen molar-refractivity contribution in [3.05, 3.63) is 30.4 Å². The monoisotopic (exact) mass is 410 g/mol. The number of fused-ring (bicyclic) bond motifs is 1. The van der Waals surface area contributed by atoms with Crippen molar-refractivity contribution in [2.24, 2.45) is 5.92 Å². The molecule has 0 aliphatic carbocycles. The van der Waals surface area contributed by atoms with Gasteiger partial charge < -0.3 is 25.5 Å². The fourth-order valence-electron chi connectivity index (χ4n) is 3.81. The molecule has 3 aromatic heterocycles. The first kappa shape index (κ1) is 20.0. The number of piperidine rings is 1. The summed E-state index contributed by atoms with van der Waals surface area (Å²) in [5.74, 6) is 1.69. The number of amides is 1. The Hall–Kier alpha value is -3.27. The smallest absolute Gasteiger partial charge is 0.230 e. The lowest BCUT2D eigenvalue weighted by Crippen LogP contribution is -2.48. The van der Waals surface area contributed by atoms with E-state index in [4.69, 9.17) is 10.8 Å². The second-order valence-corrected chi connectivity index (χ2v) is 7.63. The maximum atomic E-state index is 12.4. The van der Waals surface area contributed by atoms with Gasteiger partial charge in [-0.1, -0.05) is 0 Å². The number of nitrogens with two attached hydrogens (primary N) is 1.